The van der Waals surface area contributed by atoms with Gasteiger partial charge in [-0.3, -0.25) is 0 Å². The van der Waals surface area contributed by atoms with Gasteiger partial charge in [-0.05, 0) is 48.0 Å². The van der Waals surface area contributed by atoms with Crippen LogP contribution in [-0.2, 0) is 6.54 Å². The monoisotopic (exact) mass is 374 g/mol. The maximum absolute atomic E-state index is 11.0. The summed E-state index contributed by atoms with van der Waals surface area (Å²) >= 11 is 3.36. The fraction of sp³-hybridized carbons (Fsp3) is 0.176. The van der Waals surface area contributed by atoms with E-state index in [9.17, 15) is 10.0 Å². The van der Waals surface area contributed by atoms with Gasteiger partial charge in [-0.2, -0.15) is 0 Å². The number of benzene rings is 2. The Morgan fingerprint density at radius 1 is 1.26 bits per heavy atom. The Kier molecular flexibility index (Phi) is 4.34. The van der Waals surface area contributed by atoms with Gasteiger partial charge in [-0.25, -0.2) is 0 Å². The van der Waals surface area contributed by atoms with Gasteiger partial charge in [0.2, 0.25) is 5.88 Å². The number of fused-ring (bicyclic) bond motifs is 1. The van der Waals surface area contributed by atoms with Crippen LogP contribution in [0.2, 0.25) is 0 Å². The van der Waals surface area contributed by atoms with Crippen LogP contribution >= 0.6 is 15.9 Å². The van der Waals surface area contributed by atoms with Crippen LogP contribution in [0.3, 0.4) is 0 Å². The molecule has 3 aromatic rings. The first-order valence-corrected chi connectivity index (χ1v) is 7.93. The van der Waals surface area contributed by atoms with Gasteiger partial charge in [0, 0.05) is 9.86 Å². The highest BCUT2D eigenvalue weighted by atomic mass is 79.9. The normalized spacial score (nSPS) is 10.9. The molecule has 0 saturated carbocycles. The average Bonchev–Trinajstić information content (AvgIpc) is 2.78. The highest BCUT2D eigenvalue weighted by molar-refractivity contribution is 9.10. The fourth-order valence-corrected chi connectivity index (χ4v) is 2.93. The average molecular weight is 375 g/mol. The molecule has 0 aliphatic heterocycles. The van der Waals surface area contributed by atoms with Crippen LogP contribution < -0.4 is 4.74 Å². The first-order chi connectivity index (χ1) is 11.1. The van der Waals surface area contributed by atoms with Gasteiger partial charge < -0.3 is 14.4 Å². The van der Waals surface area contributed by atoms with Crippen LogP contribution in [0.5, 0.6) is 11.6 Å². The lowest BCUT2D eigenvalue weighted by Crippen LogP contribution is -2.07. The highest BCUT2D eigenvalue weighted by Gasteiger charge is 2.17. The van der Waals surface area contributed by atoms with E-state index in [4.69, 9.17) is 4.74 Å². The summed E-state index contributed by atoms with van der Waals surface area (Å²) < 4.78 is 8.17. The Morgan fingerprint density at radius 3 is 2.83 bits per heavy atom. The first kappa shape index (κ1) is 15.6. The second kappa shape index (κ2) is 6.42. The van der Waals surface area contributed by atoms with E-state index in [-0.39, 0.29) is 11.6 Å². The van der Waals surface area contributed by atoms with E-state index in [0.29, 0.717) is 18.5 Å². The Labute approximate surface area is 141 Å². The molecule has 0 aliphatic rings. The molecule has 0 spiro atoms. The first-order valence-electron chi connectivity index (χ1n) is 7.13. The smallest absolute Gasteiger partial charge is 0.222 e. The fourth-order valence-electron chi connectivity index (χ4n) is 2.57. The quantitative estimate of drug-likeness (QED) is 0.646. The topological polar surface area (TPSA) is 63.8 Å². The second-order valence-electron chi connectivity index (χ2n) is 5.24. The summed E-state index contributed by atoms with van der Waals surface area (Å²) in [5.41, 5.74) is 1.92. The van der Waals surface area contributed by atoms with Crippen LogP contribution in [0, 0.1) is 11.8 Å². The number of aromatic hydroxyl groups is 1. The van der Waals surface area contributed by atoms with Crippen molar-refractivity contribution in [3.8, 4) is 11.6 Å². The molecule has 0 bridgehead atoms. The van der Waals surface area contributed by atoms with Gasteiger partial charge in [-0.1, -0.05) is 28.1 Å². The van der Waals surface area contributed by atoms with Gasteiger partial charge >= 0.3 is 0 Å². The molecule has 23 heavy (non-hydrogen) atoms. The van der Waals surface area contributed by atoms with Crippen molar-refractivity contribution in [3.05, 3.63) is 57.4 Å². The van der Waals surface area contributed by atoms with Crippen molar-refractivity contribution >= 4 is 32.5 Å². The minimum absolute atomic E-state index is 0.0526. The standard InChI is InChI=1S/C17H15BrN2O3/c1-11-3-2-4-13(9-11)23-8-7-20-15-6-5-12(18)10-14(15)16(19-22)17(20)21/h2-6,9-10,21H,7-8H2,1H3. The number of nitroso groups, excluding NO2 is 1. The number of halogens is 1. The Hall–Kier alpha value is -2.34. The third kappa shape index (κ3) is 3.07. The van der Waals surface area contributed by atoms with Crippen LogP contribution in [0.4, 0.5) is 5.69 Å². The number of rotatable bonds is 5. The van der Waals surface area contributed by atoms with Crippen molar-refractivity contribution in [1.29, 1.82) is 0 Å². The predicted octanol–water partition coefficient (Wildman–Crippen LogP) is 4.89. The summed E-state index contributed by atoms with van der Waals surface area (Å²) in [7, 11) is 0. The van der Waals surface area contributed by atoms with Crippen LogP contribution in [0.25, 0.3) is 10.9 Å². The summed E-state index contributed by atoms with van der Waals surface area (Å²) in [6, 6.07) is 13.2. The lowest BCUT2D eigenvalue weighted by molar-refractivity contribution is 0.290. The number of aryl methyl sites for hydroxylation is 1. The third-order valence-electron chi connectivity index (χ3n) is 3.64. The van der Waals surface area contributed by atoms with E-state index >= 15 is 0 Å². The molecular formula is C17H15BrN2O3. The molecule has 0 radical (unpaired) electrons. The molecule has 2 aromatic carbocycles. The van der Waals surface area contributed by atoms with Crippen molar-refractivity contribution in [2.45, 2.75) is 13.5 Å². The van der Waals surface area contributed by atoms with Crippen molar-refractivity contribution in [2.75, 3.05) is 6.61 Å². The Balaban J connectivity index is 1.85. The molecule has 1 aromatic heterocycles. The Morgan fingerprint density at radius 2 is 2.09 bits per heavy atom. The van der Waals surface area contributed by atoms with E-state index in [1.54, 1.807) is 10.6 Å². The molecule has 1 N–H and O–H groups in total. The summed E-state index contributed by atoms with van der Waals surface area (Å²) in [6.45, 7) is 2.78. The lowest BCUT2D eigenvalue weighted by atomic mass is 10.2. The molecule has 0 amide bonds. The molecule has 0 aliphatic carbocycles. The van der Waals surface area contributed by atoms with E-state index in [2.05, 4.69) is 21.1 Å². The summed E-state index contributed by atoms with van der Waals surface area (Å²) in [5, 5.41) is 13.8. The zero-order valence-electron chi connectivity index (χ0n) is 12.5. The number of hydrogen-bond donors (Lipinski definition) is 1. The zero-order valence-corrected chi connectivity index (χ0v) is 14.1. The van der Waals surface area contributed by atoms with E-state index in [1.165, 1.54) is 0 Å². The maximum atomic E-state index is 11.0. The molecule has 1 heterocycles. The maximum Gasteiger partial charge on any atom is 0.222 e. The van der Waals surface area contributed by atoms with Gasteiger partial charge in [-0.15, -0.1) is 4.91 Å². The summed E-state index contributed by atoms with van der Waals surface area (Å²) in [5.74, 6) is 0.637. The van der Waals surface area contributed by atoms with Crippen molar-refractivity contribution in [2.24, 2.45) is 5.18 Å². The highest BCUT2D eigenvalue weighted by Crippen LogP contribution is 2.39. The molecule has 0 atom stereocenters. The third-order valence-corrected chi connectivity index (χ3v) is 4.13. The Bertz CT molecular complexity index is 874. The molecule has 6 heteroatoms. The van der Waals surface area contributed by atoms with Gasteiger partial charge in [0.1, 0.15) is 12.4 Å². The number of ether oxygens (including phenoxy) is 1. The summed E-state index contributed by atoms with van der Waals surface area (Å²) in [4.78, 5) is 11.0. The summed E-state index contributed by atoms with van der Waals surface area (Å²) in [6.07, 6.45) is 0. The van der Waals surface area contributed by atoms with Crippen molar-refractivity contribution in [3.63, 3.8) is 0 Å². The number of nitrogens with zero attached hydrogens (tertiary/aromatic N) is 2. The molecule has 118 valence electrons. The van der Waals surface area contributed by atoms with E-state index < -0.39 is 0 Å². The molecule has 0 fully saturated rings. The van der Waals surface area contributed by atoms with Crippen LogP contribution in [0.15, 0.2) is 52.1 Å². The molecule has 0 saturated heterocycles. The van der Waals surface area contributed by atoms with Gasteiger partial charge in [0.15, 0.2) is 5.69 Å². The van der Waals surface area contributed by atoms with Gasteiger partial charge in [0.05, 0.1) is 12.1 Å². The van der Waals surface area contributed by atoms with Crippen LogP contribution in [0.1, 0.15) is 5.56 Å². The molecule has 3 rings (SSSR count). The number of aromatic nitrogens is 1. The van der Waals surface area contributed by atoms with Gasteiger partial charge in [0.25, 0.3) is 0 Å². The SMILES string of the molecule is Cc1cccc(OCCn2c(O)c(N=O)c3cc(Br)ccc32)c1. The minimum atomic E-state index is -0.138. The van der Waals surface area contributed by atoms with E-state index in [0.717, 1.165) is 21.3 Å². The molecule has 5 nitrogen and oxygen atoms in total. The minimum Gasteiger partial charge on any atom is -0.493 e. The van der Waals surface area contributed by atoms with Crippen molar-refractivity contribution in [1.82, 2.24) is 4.57 Å². The molecular weight excluding hydrogens is 360 g/mol. The lowest BCUT2D eigenvalue weighted by Gasteiger charge is -2.09. The largest absolute Gasteiger partial charge is 0.493 e. The van der Waals surface area contributed by atoms with E-state index in [1.807, 2.05) is 43.3 Å². The predicted molar refractivity (Wildman–Crippen MR) is 93.4 cm³/mol. The van der Waals surface area contributed by atoms with Crippen molar-refractivity contribution < 1.29 is 9.84 Å². The zero-order chi connectivity index (χ0) is 16.4. The number of hydrogen-bond acceptors (Lipinski definition) is 4. The second-order valence-corrected chi connectivity index (χ2v) is 6.16. The molecule has 0 unspecified atom stereocenters. The van der Waals surface area contributed by atoms with Crippen LogP contribution in [-0.4, -0.2) is 16.3 Å².